The van der Waals surface area contributed by atoms with Crippen molar-refractivity contribution < 1.29 is 9.53 Å². The summed E-state index contributed by atoms with van der Waals surface area (Å²) in [7, 11) is 0. The summed E-state index contributed by atoms with van der Waals surface area (Å²) in [5.74, 6) is 0.00949. The summed E-state index contributed by atoms with van der Waals surface area (Å²) in [6, 6.07) is 7.90. The molecular weight excluding hydrogens is 240 g/mol. The Labute approximate surface area is 114 Å². The van der Waals surface area contributed by atoms with E-state index < -0.39 is 0 Å². The van der Waals surface area contributed by atoms with Crippen molar-refractivity contribution in [1.82, 2.24) is 0 Å². The second kappa shape index (κ2) is 6.17. The molecule has 0 spiro atoms. The van der Waals surface area contributed by atoms with Gasteiger partial charge < -0.3 is 15.4 Å². The smallest absolute Gasteiger partial charge is 0.252 e. The average Bonchev–Trinajstić information content (AvgIpc) is 2.56. The first-order valence-corrected chi connectivity index (χ1v) is 6.86. The molecule has 0 aromatic heterocycles. The fourth-order valence-electron chi connectivity index (χ4n) is 2.37. The minimum Gasteiger partial charge on any atom is -0.369 e. The Kier molecular flexibility index (Phi) is 4.56. The molecule has 1 amide bonds. The van der Waals surface area contributed by atoms with Crippen LogP contribution in [0.25, 0.3) is 0 Å². The molecule has 1 aliphatic heterocycles. The Morgan fingerprint density at radius 2 is 2.21 bits per heavy atom. The minimum atomic E-state index is 0.00949. The van der Waals surface area contributed by atoms with E-state index in [-0.39, 0.29) is 24.7 Å². The molecule has 1 heterocycles. The number of nitrogens with zero attached hydrogens (tertiary/aromatic N) is 1. The van der Waals surface area contributed by atoms with Crippen LogP contribution in [-0.4, -0.2) is 25.2 Å². The molecule has 1 unspecified atom stereocenters. The fourth-order valence-corrected chi connectivity index (χ4v) is 2.37. The highest BCUT2D eigenvalue weighted by atomic mass is 16.5. The molecular formula is C15H22N2O2. The van der Waals surface area contributed by atoms with Gasteiger partial charge in [-0.2, -0.15) is 0 Å². The van der Waals surface area contributed by atoms with Crippen LogP contribution in [-0.2, 0) is 9.53 Å². The lowest BCUT2D eigenvalue weighted by Gasteiger charge is -2.23. The zero-order valence-corrected chi connectivity index (χ0v) is 11.6. The second-order valence-corrected chi connectivity index (χ2v) is 5.21. The van der Waals surface area contributed by atoms with Crippen molar-refractivity contribution >= 4 is 11.6 Å². The van der Waals surface area contributed by atoms with Gasteiger partial charge in [0.1, 0.15) is 6.61 Å². The Balaban J connectivity index is 2.21. The number of rotatable bonds is 3. The van der Waals surface area contributed by atoms with Crippen LogP contribution in [0.15, 0.2) is 24.3 Å². The molecule has 4 heteroatoms. The van der Waals surface area contributed by atoms with Crippen LogP contribution < -0.4 is 10.6 Å². The second-order valence-electron chi connectivity index (χ2n) is 5.21. The number of hydrogen-bond donors (Lipinski definition) is 1. The number of anilines is 1. The largest absolute Gasteiger partial charge is 0.369 e. The topological polar surface area (TPSA) is 55.6 Å². The van der Waals surface area contributed by atoms with Gasteiger partial charge in [-0.3, -0.25) is 4.79 Å². The van der Waals surface area contributed by atoms with Crippen molar-refractivity contribution in [3.63, 3.8) is 0 Å². The zero-order valence-electron chi connectivity index (χ0n) is 11.6. The molecule has 1 atom stereocenters. The molecule has 0 aliphatic carbocycles. The molecule has 1 aromatic rings. The molecule has 1 aliphatic rings. The summed E-state index contributed by atoms with van der Waals surface area (Å²) in [6.45, 7) is 4.70. The van der Waals surface area contributed by atoms with Crippen molar-refractivity contribution in [1.29, 1.82) is 0 Å². The van der Waals surface area contributed by atoms with E-state index in [4.69, 9.17) is 10.5 Å². The van der Waals surface area contributed by atoms with Gasteiger partial charge in [0.25, 0.3) is 5.91 Å². The number of hydrogen-bond acceptors (Lipinski definition) is 3. The SMILES string of the molecule is CC(C)OCC(=O)N1CCCC(N)c2ccccc21. The van der Waals surface area contributed by atoms with Gasteiger partial charge in [0.15, 0.2) is 0 Å². The number of fused-ring (bicyclic) bond motifs is 1. The monoisotopic (exact) mass is 262 g/mol. The number of carbonyl (C=O) groups is 1. The molecule has 0 fully saturated rings. The van der Waals surface area contributed by atoms with Crippen LogP contribution in [0, 0.1) is 0 Å². The van der Waals surface area contributed by atoms with Gasteiger partial charge in [0, 0.05) is 18.3 Å². The highest BCUT2D eigenvalue weighted by Crippen LogP contribution is 2.31. The standard InChI is InChI=1S/C15H22N2O2/c1-11(2)19-10-15(18)17-9-5-7-13(16)12-6-3-4-8-14(12)17/h3-4,6,8,11,13H,5,7,9-10,16H2,1-2H3. The molecule has 0 radical (unpaired) electrons. The van der Waals surface area contributed by atoms with E-state index in [0.717, 1.165) is 24.1 Å². The number of amides is 1. The number of ether oxygens (including phenoxy) is 1. The minimum absolute atomic E-state index is 0.00949. The lowest BCUT2D eigenvalue weighted by molar-refractivity contribution is -0.124. The highest BCUT2D eigenvalue weighted by molar-refractivity contribution is 5.95. The Morgan fingerprint density at radius 3 is 2.95 bits per heavy atom. The number of carbonyl (C=O) groups excluding carboxylic acids is 1. The first kappa shape index (κ1) is 14.0. The molecule has 2 rings (SSSR count). The third-order valence-corrected chi connectivity index (χ3v) is 3.37. The predicted octanol–water partition coefficient (Wildman–Crippen LogP) is 2.24. The van der Waals surface area contributed by atoms with Crippen molar-refractivity contribution in [2.75, 3.05) is 18.1 Å². The summed E-state index contributed by atoms with van der Waals surface area (Å²) >= 11 is 0. The molecule has 0 saturated carbocycles. The van der Waals surface area contributed by atoms with Crippen LogP contribution in [0.3, 0.4) is 0 Å². The van der Waals surface area contributed by atoms with Crippen LogP contribution >= 0.6 is 0 Å². The summed E-state index contributed by atoms with van der Waals surface area (Å²) in [5.41, 5.74) is 8.15. The van der Waals surface area contributed by atoms with Crippen molar-refractivity contribution in [2.45, 2.75) is 38.8 Å². The van der Waals surface area contributed by atoms with Gasteiger partial charge in [0.05, 0.1) is 6.10 Å². The highest BCUT2D eigenvalue weighted by Gasteiger charge is 2.24. The van der Waals surface area contributed by atoms with Crippen LogP contribution in [0.5, 0.6) is 0 Å². The normalized spacial score (nSPS) is 19.2. The van der Waals surface area contributed by atoms with E-state index in [1.54, 1.807) is 0 Å². The van der Waals surface area contributed by atoms with Crippen LogP contribution in [0.2, 0.25) is 0 Å². The molecule has 4 nitrogen and oxygen atoms in total. The fraction of sp³-hybridized carbons (Fsp3) is 0.533. The quantitative estimate of drug-likeness (QED) is 0.909. The Morgan fingerprint density at radius 1 is 1.47 bits per heavy atom. The predicted molar refractivity (Wildman–Crippen MR) is 76.0 cm³/mol. The Bertz CT molecular complexity index is 446. The Hall–Kier alpha value is -1.39. The van der Waals surface area contributed by atoms with E-state index in [1.807, 2.05) is 43.0 Å². The maximum absolute atomic E-state index is 12.3. The summed E-state index contributed by atoms with van der Waals surface area (Å²) in [4.78, 5) is 14.1. The van der Waals surface area contributed by atoms with Gasteiger partial charge in [0.2, 0.25) is 0 Å². The summed E-state index contributed by atoms with van der Waals surface area (Å²) in [5, 5.41) is 0. The first-order chi connectivity index (χ1) is 9.09. The third-order valence-electron chi connectivity index (χ3n) is 3.37. The molecule has 0 bridgehead atoms. The summed E-state index contributed by atoms with van der Waals surface area (Å²) < 4.78 is 5.42. The van der Waals surface area contributed by atoms with Gasteiger partial charge in [-0.1, -0.05) is 18.2 Å². The van der Waals surface area contributed by atoms with Gasteiger partial charge in [-0.25, -0.2) is 0 Å². The molecule has 1 aromatic carbocycles. The molecule has 2 N–H and O–H groups in total. The van der Waals surface area contributed by atoms with Gasteiger partial charge in [-0.05, 0) is 38.3 Å². The average molecular weight is 262 g/mol. The summed E-state index contributed by atoms with van der Waals surface area (Å²) in [6.07, 6.45) is 1.89. The van der Waals surface area contributed by atoms with Crippen molar-refractivity contribution in [2.24, 2.45) is 5.73 Å². The lowest BCUT2D eigenvalue weighted by Crippen LogP contribution is -2.35. The van der Waals surface area contributed by atoms with E-state index >= 15 is 0 Å². The number of para-hydroxylation sites is 1. The van der Waals surface area contributed by atoms with E-state index in [2.05, 4.69) is 0 Å². The van der Waals surface area contributed by atoms with E-state index in [9.17, 15) is 4.79 Å². The molecule has 0 saturated heterocycles. The maximum atomic E-state index is 12.3. The molecule has 19 heavy (non-hydrogen) atoms. The van der Waals surface area contributed by atoms with E-state index in [0.29, 0.717) is 6.54 Å². The van der Waals surface area contributed by atoms with Crippen molar-refractivity contribution in [3.8, 4) is 0 Å². The third kappa shape index (κ3) is 3.33. The number of benzene rings is 1. The maximum Gasteiger partial charge on any atom is 0.252 e. The van der Waals surface area contributed by atoms with Crippen LogP contribution in [0.4, 0.5) is 5.69 Å². The molecule has 104 valence electrons. The van der Waals surface area contributed by atoms with Gasteiger partial charge in [-0.15, -0.1) is 0 Å². The first-order valence-electron chi connectivity index (χ1n) is 6.86. The lowest BCUT2D eigenvalue weighted by atomic mass is 10.0. The van der Waals surface area contributed by atoms with Crippen LogP contribution in [0.1, 0.15) is 38.3 Å². The zero-order chi connectivity index (χ0) is 13.8. The van der Waals surface area contributed by atoms with Crippen molar-refractivity contribution in [3.05, 3.63) is 29.8 Å². The van der Waals surface area contributed by atoms with Gasteiger partial charge >= 0.3 is 0 Å². The van der Waals surface area contributed by atoms with E-state index in [1.165, 1.54) is 0 Å². The number of nitrogens with two attached hydrogens (primary N) is 1.